The van der Waals surface area contributed by atoms with E-state index in [0.29, 0.717) is 30.7 Å². The fourth-order valence-electron chi connectivity index (χ4n) is 3.20. The SMILES string of the molecule is CCC[C@H]1CC[C@](F)(COc2ccc(CC)c(F)c2F)CC1. The van der Waals surface area contributed by atoms with Crippen LogP contribution in [0.3, 0.4) is 0 Å². The van der Waals surface area contributed by atoms with Gasteiger partial charge in [0.15, 0.2) is 11.6 Å². The third-order valence-electron chi connectivity index (χ3n) is 4.69. The number of ether oxygens (including phenoxy) is 1. The Morgan fingerprint density at radius 2 is 1.82 bits per heavy atom. The van der Waals surface area contributed by atoms with Crippen molar-refractivity contribution in [2.45, 2.75) is 64.5 Å². The molecule has 1 aliphatic rings. The van der Waals surface area contributed by atoms with E-state index in [4.69, 9.17) is 4.74 Å². The van der Waals surface area contributed by atoms with E-state index in [9.17, 15) is 13.2 Å². The van der Waals surface area contributed by atoms with Gasteiger partial charge in [-0.05, 0) is 49.7 Å². The standard InChI is InChI=1S/C18H25F3O/c1-3-5-13-8-10-18(21,11-9-13)12-22-15-7-6-14(4-2)16(19)17(15)20/h6-7,13H,3-5,8-12H2,1-2H3/t13-,18+. The van der Waals surface area contributed by atoms with Crippen molar-refractivity contribution in [3.05, 3.63) is 29.3 Å². The molecular formula is C18H25F3O. The fourth-order valence-corrected chi connectivity index (χ4v) is 3.20. The number of aryl methyl sites for hydroxylation is 1. The Morgan fingerprint density at radius 1 is 1.14 bits per heavy atom. The van der Waals surface area contributed by atoms with Crippen molar-refractivity contribution in [2.75, 3.05) is 6.61 Å². The summed E-state index contributed by atoms with van der Waals surface area (Å²) in [5.41, 5.74) is -1.11. The van der Waals surface area contributed by atoms with E-state index in [-0.39, 0.29) is 12.4 Å². The summed E-state index contributed by atoms with van der Waals surface area (Å²) in [6, 6.07) is 2.89. The molecule has 0 N–H and O–H groups in total. The molecule has 1 aromatic rings. The summed E-state index contributed by atoms with van der Waals surface area (Å²) in [5, 5.41) is 0. The highest BCUT2D eigenvalue weighted by Crippen LogP contribution is 2.37. The summed E-state index contributed by atoms with van der Waals surface area (Å²) < 4.78 is 47.6. The number of hydrogen-bond donors (Lipinski definition) is 0. The van der Waals surface area contributed by atoms with Gasteiger partial charge < -0.3 is 4.74 Å². The predicted molar refractivity (Wildman–Crippen MR) is 81.9 cm³/mol. The van der Waals surface area contributed by atoms with Crippen LogP contribution in [0.2, 0.25) is 0 Å². The molecule has 0 bridgehead atoms. The number of rotatable bonds is 6. The maximum Gasteiger partial charge on any atom is 0.200 e. The van der Waals surface area contributed by atoms with E-state index < -0.39 is 17.3 Å². The Labute approximate surface area is 130 Å². The molecule has 22 heavy (non-hydrogen) atoms. The lowest BCUT2D eigenvalue weighted by atomic mass is 9.78. The molecule has 0 radical (unpaired) electrons. The maximum atomic E-state index is 14.7. The molecule has 2 rings (SSSR count). The van der Waals surface area contributed by atoms with Gasteiger partial charge in [-0.15, -0.1) is 0 Å². The van der Waals surface area contributed by atoms with Crippen LogP contribution < -0.4 is 4.74 Å². The quantitative estimate of drug-likeness (QED) is 0.663. The summed E-state index contributed by atoms with van der Waals surface area (Å²) >= 11 is 0. The van der Waals surface area contributed by atoms with Crippen LogP contribution in [0.25, 0.3) is 0 Å². The van der Waals surface area contributed by atoms with Crippen LogP contribution in [0.15, 0.2) is 12.1 Å². The molecule has 1 nitrogen and oxygen atoms in total. The minimum Gasteiger partial charge on any atom is -0.487 e. The van der Waals surface area contributed by atoms with E-state index >= 15 is 0 Å². The normalized spacial score (nSPS) is 25.2. The minimum absolute atomic E-state index is 0.192. The van der Waals surface area contributed by atoms with Crippen molar-refractivity contribution in [3.8, 4) is 5.75 Å². The van der Waals surface area contributed by atoms with Gasteiger partial charge in [0.25, 0.3) is 0 Å². The van der Waals surface area contributed by atoms with Gasteiger partial charge in [0.2, 0.25) is 5.82 Å². The molecule has 0 spiro atoms. The molecular weight excluding hydrogens is 289 g/mol. The highest BCUT2D eigenvalue weighted by atomic mass is 19.2. The van der Waals surface area contributed by atoms with Crippen LogP contribution in [-0.4, -0.2) is 12.3 Å². The number of benzene rings is 1. The summed E-state index contributed by atoms with van der Waals surface area (Å²) in [6.07, 6.45) is 5.24. The van der Waals surface area contributed by atoms with Crippen molar-refractivity contribution >= 4 is 0 Å². The van der Waals surface area contributed by atoms with Gasteiger partial charge >= 0.3 is 0 Å². The largest absolute Gasteiger partial charge is 0.487 e. The predicted octanol–water partition coefficient (Wildman–Crippen LogP) is 5.60. The number of hydrogen-bond acceptors (Lipinski definition) is 1. The molecule has 0 unspecified atom stereocenters. The topological polar surface area (TPSA) is 9.23 Å². The van der Waals surface area contributed by atoms with E-state index in [2.05, 4.69) is 6.92 Å². The average Bonchev–Trinajstić information content (AvgIpc) is 2.52. The van der Waals surface area contributed by atoms with Crippen LogP contribution in [-0.2, 0) is 6.42 Å². The molecule has 124 valence electrons. The summed E-state index contributed by atoms with van der Waals surface area (Å²) in [6.45, 7) is 3.69. The highest BCUT2D eigenvalue weighted by molar-refractivity contribution is 5.31. The molecule has 0 heterocycles. The number of halogens is 3. The lowest BCUT2D eigenvalue weighted by Gasteiger charge is -2.33. The van der Waals surface area contributed by atoms with Crippen LogP contribution in [0.4, 0.5) is 13.2 Å². The Bertz CT molecular complexity index is 493. The van der Waals surface area contributed by atoms with Gasteiger partial charge in [-0.1, -0.05) is 32.8 Å². The first-order valence-corrected chi connectivity index (χ1v) is 8.27. The van der Waals surface area contributed by atoms with Gasteiger partial charge in [-0.3, -0.25) is 0 Å². The molecule has 0 aromatic heterocycles. The molecule has 4 heteroatoms. The van der Waals surface area contributed by atoms with Crippen LogP contribution in [0.5, 0.6) is 5.75 Å². The van der Waals surface area contributed by atoms with Crippen LogP contribution in [0, 0.1) is 17.6 Å². The van der Waals surface area contributed by atoms with E-state index in [1.165, 1.54) is 12.1 Å². The van der Waals surface area contributed by atoms with Crippen molar-refractivity contribution in [1.82, 2.24) is 0 Å². The van der Waals surface area contributed by atoms with Crippen LogP contribution in [0.1, 0.15) is 57.9 Å². The summed E-state index contributed by atoms with van der Waals surface area (Å²) in [5.74, 6) is -1.50. The summed E-state index contributed by atoms with van der Waals surface area (Å²) in [7, 11) is 0. The highest BCUT2D eigenvalue weighted by Gasteiger charge is 2.36. The third-order valence-corrected chi connectivity index (χ3v) is 4.69. The monoisotopic (exact) mass is 314 g/mol. The molecule has 0 aliphatic heterocycles. The summed E-state index contributed by atoms with van der Waals surface area (Å²) in [4.78, 5) is 0. The van der Waals surface area contributed by atoms with E-state index in [1.54, 1.807) is 6.92 Å². The third kappa shape index (κ3) is 3.96. The molecule has 0 amide bonds. The number of alkyl halides is 1. The Hall–Kier alpha value is -1.19. The zero-order valence-electron chi connectivity index (χ0n) is 13.4. The Kier molecular flexibility index (Phi) is 5.76. The molecule has 1 aliphatic carbocycles. The van der Waals surface area contributed by atoms with Crippen molar-refractivity contribution in [2.24, 2.45) is 5.92 Å². The second-order valence-corrected chi connectivity index (χ2v) is 6.38. The van der Waals surface area contributed by atoms with Gasteiger partial charge in [0.05, 0.1) is 0 Å². The first kappa shape index (κ1) is 17.2. The lowest BCUT2D eigenvalue weighted by Crippen LogP contribution is -2.35. The first-order chi connectivity index (χ1) is 10.5. The zero-order valence-corrected chi connectivity index (χ0v) is 13.4. The molecule has 0 atom stereocenters. The molecule has 1 fully saturated rings. The Balaban J connectivity index is 1.94. The van der Waals surface area contributed by atoms with E-state index in [1.807, 2.05) is 0 Å². The molecule has 1 saturated carbocycles. The van der Waals surface area contributed by atoms with Crippen LogP contribution >= 0.6 is 0 Å². The smallest absolute Gasteiger partial charge is 0.200 e. The Morgan fingerprint density at radius 3 is 2.41 bits per heavy atom. The first-order valence-electron chi connectivity index (χ1n) is 8.27. The minimum atomic E-state index is -1.42. The van der Waals surface area contributed by atoms with Gasteiger partial charge in [-0.25, -0.2) is 8.78 Å². The molecule has 0 saturated heterocycles. The average molecular weight is 314 g/mol. The second-order valence-electron chi connectivity index (χ2n) is 6.38. The molecule has 1 aromatic carbocycles. The zero-order chi connectivity index (χ0) is 16.2. The maximum absolute atomic E-state index is 14.7. The van der Waals surface area contributed by atoms with Gasteiger partial charge in [0.1, 0.15) is 12.3 Å². The van der Waals surface area contributed by atoms with Crippen molar-refractivity contribution in [3.63, 3.8) is 0 Å². The van der Waals surface area contributed by atoms with Crippen molar-refractivity contribution in [1.29, 1.82) is 0 Å². The van der Waals surface area contributed by atoms with Crippen molar-refractivity contribution < 1.29 is 17.9 Å². The lowest BCUT2D eigenvalue weighted by molar-refractivity contribution is 0.0297. The van der Waals surface area contributed by atoms with E-state index in [0.717, 1.165) is 25.7 Å². The van der Waals surface area contributed by atoms with Gasteiger partial charge in [0, 0.05) is 0 Å². The second kappa shape index (κ2) is 7.38. The van der Waals surface area contributed by atoms with Gasteiger partial charge in [-0.2, -0.15) is 4.39 Å². The fraction of sp³-hybridized carbons (Fsp3) is 0.667.